The van der Waals surface area contributed by atoms with Crippen LogP contribution < -0.4 is 5.69 Å². The highest BCUT2D eigenvalue weighted by molar-refractivity contribution is 5.81. The number of carbonyl (C=O) groups excluding carboxylic acids is 1. The fourth-order valence-electron chi connectivity index (χ4n) is 4.18. The first kappa shape index (κ1) is 23.2. The summed E-state index contributed by atoms with van der Waals surface area (Å²) in [6.45, 7) is -0.548. The van der Waals surface area contributed by atoms with Crippen molar-refractivity contribution >= 4 is 5.91 Å². The number of pyridine rings is 1. The Hall–Kier alpha value is -2.93. The van der Waals surface area contributed by atoms with Crippen molar-refractivity contribution in [2.45, 2.75) is 56.3 Å². The van der Waals surface area contributed by atoms with Gasteiger partial charge in [0.05, 0.1) is 13.1 Å². The highest BCUT2D eigenvalue weighted by Crippen LogP contribution is 2.43. The fourth-order valence-corrected chi connectivity index (χ4v) is 4.18. The Balaban J connectivity index is 1.69. The van der Waals surface area contributed by atoms with E-state index in [9.17, 15) is 40.3 Å². The van der Waals surface area contributed by atoms with Crippen molar-refractivity contribution in [2.75, 3.05) is 13.1 Å². The quantitative estimate of drug-likeness (QED) is 0.632. The van der Waals surface area contributed by atoms with Crippen LogP contribution >= 0.6 is 0 Å². The van der Waals surface area contributed by atoms with E-state index in [1.807, 2.05) is 0 Å². The van der Waals surface area contributed by atoms with Crippen molar-refractivity contribution in [3.63, 3.8) is 0 Å². The zero-order chi connectivity index (χ0) is 24.1. The van der Waals surface area contributed by atoms with Gasteiger partial charge in [0.15, 0.2) is 0 Å². The minimum absolute atomic E-state index is 0.0919. The van der Waals surface area contributed by atoms with Crippen LogP contribution in [0.3, 0.4) is 0 Å². The van der Waals surface area contributed by atoms with Crippen molar-refractivity contribution in [2.24, 2.45) is 0 Å². The molecule has 14 heteroatoms. The maximum atomic E-state index is 13.6. The Labute approximate surface area is 181 Å². The summed E-state index contributed by atoms with van der Waals surface area (Å²) >= 11 is 0. The van der Waals surface area contributed by atoms with Gasteiger partial charge in [-0.1, -0.05) is 6.07 Å². The molecule has 2 unspecified atom stereocenters. The molecule has 2 aromatic rings. The summed E-state index contributed by atoms with van der Waals surface area (Å²) in [5.41, 5.74) is -2.07. The molecule has 0 radical (unpaired) electrons. The molecule has 3 atom stereocenters. The fraction of sp³-hybridized carbons (Fsp3) is 0.579. The average molecular weight is 481 g/mol. The molecule has 1 saturated heterocycles. The topological polar surface area (TPSA) is 73.0 Å². The maximum Gasteiger partial charge on any atom is 0.433 e. The molecule has 2 aromatic heterocycles. The van der Waals surface area contributed by atoms with Gasteiger partial charge in [0.1, 0.15) is 29.6 Å². The van der Waals surface area contributed by atoms with Gasteiger partial charge in [-0.3, -0.25) is 14.3 Å². The molecule has 0 spiro atoms. The normalized spacial score (nSPS) is 23.6. The number of amides is 1. The molecule has 0 N–H and O–H groups in total. The van der Waals surface area contributed by atoms with E-state index in [-0.39, 0.29) is 31.5 Å². The van der Waals surface area contributed by atoms with E-state index < -0.39 is 66.6 Å². The smallest absolute Gasteiger partial charge is 0.338 e. The van der Waals surface area contributed by atoms with Crippen LogP contribution in [0.15, 0.2) is 23.1 Å². The molecule has 2 aliphatic heterocycles. The Morgan fingerprint density at radius 1 is 1.09 bits per heavy atom. The van der Waals surface area contributed by atoms with Gasteiger partial charge >= 0.3 is 18.0 Å². The Kier molecular flexibility index (Phi) is 5.73. The number of halogens is 7. The third kappa shape index (κ3) is 4.47. The lowest BCUT2D eigenvalue weighted by Crippen LogP contribution is -2.43. The lowest BCUT2D eigenvalue weighted by atomic mass is 9.93. The Bertz CT molecular complexity index is 1090. The van der Waals surface area contributed by atoms with E-state index in [2.05, 4.69) is 10.1 Å². The first-order valence-electron chi connectivity index (χ1n) is 10.1. The van der Waals surface area contributed by atoms with Crippen molar-refractivity contribution in [3.8, 4) is 0 Å². The molecule has 0 bridgehead atoms. The van der Waals surface area contributed by atoms with Crippen molar-refractivity contribution in [1.82, 2.24) is 24.2 Å². The van der Waals surface area contributed by atoms with E-state index in [0.717, 1.165) is 12.3 Å². The van der Waals surface area contributed by atoms with Gasteiger partial charge < -0.3 is 4.90 Å². The van der Waals surface area contributed by atoms with Crippen LogP contribution in [0.2, 0.25) is 0 Å². The number of likely N-dealkylation sites (tertiary alicyclic amines) is 1. The second-order valence-corrected chi connectivity index (χ2v) is 8.08. The predicted molar refractivity (Wildman–Crippen MR) is 98.0 cm³/mol. The number of alkyl halides is 7. The van der Waals surface area contributed by atoms with Gasteiger partial charge in [0.25, 0.3) is 0 Å². The maximum absolute atomic E-state index is 13.6. The van der Waals surface area contributed by atoms with Gasteiger partial charge in [-0.25, -0.2) is 13.9 Å². The standard InChI is InChI=1S/C19H18F7N5O2/c20-11-5-6-29(9-11)16(32)13-3-2-12(18(21,22)23)15-28-30(17(33)31(13)15)8-10-1-4-14(27-7-10)19(24,25)26/h1,4,7,11-13H,2-3,5-6,8-9H2/t11-,12?,13?/m0/s1. The predicted octanol–water partition coefficient (Wildman–Crippen LogP) is 3.06. The van der Waals surface area contributed by atoms with E-state index >= 15 is 0 Å². The molecule has 180 valence electrons. The monoisotopic (exact) mass is 481 g/mol. The van der Waals surface area contributed by atoms with Crippen LogP contribution in [0.5, 0.6) is 0 Å². The molecule has 0 aliphatic carbocycles. The van der Waals surface area contributed by atoms with Crippen LogP contribution in [-0.2, 0) is 17.5 Å². The second-order valence-electron chi connectivity index (χ2n) is 8.08. The molecule has 33 heavy (non-hydrogen) atoms. The largest absolute Gasteiger partial charge is 0.433 e. The third-order valence-electron chi connectivity index (χ3n) is 5.82. The molecular formula is C19H18F7N5O2. The van der Waals surface area contributed by atoms with E-state index in [1.54, 1.807) is 0 Å². The van der Waals surface area contributed by atoms with Crippen LogP contribution in [0.25, 0.3) is 0 Å². The van der Waals surface area contributed by atoms with Crippen LogP contribution in [0.1, 0.15) is 48.3 Å². The zero-order valence-electron chi connectivity index (χ0n) is 16.9. The number of nitrogens with zero attached hydrogens (tertiary/aromatic N) is 5. The highest BCUT2D eigenvalue weighted by atomic mass is 19.4. The summed E-state index contributed by atoms with van der Waals surface area (Å²) in [6.07, 6.45) is -10.5. The SMILES string of the molecule is O=C(C1CCC(C(F)(F)F)c2nn(Cc3ccc(C(F)(F)F)nc3)c(=O)n21)N1CC[C@H](F)C1. The first-order valence-corrected chi connectivity index (χ1v) is 10.1. The van der Waals surface area contributed by atoms with E-state index in [0.29, 0.717) is 15.3 Å². The number of hydrogen-bond acceptors (Lipinski definition) is 4. The highest BCUT2D eigenvalue weighted by Gasteiger charge is 2.49. The molecule has 1 amide bonds. The summed E-state index contributed by atoms with van der Waals surface area (Å²) in [5.74, 6) is -3.39. The minimum Gasteiger partial charge on any atom is -0.338 e. The Morgan fingerprint density at radius 2 is 1.82 bits per heavy atom. The summed E-state index contributed by atoms with van der Waals surface area (Å²) in [4.78, 5) is 30.3. The summed E-state index contributed by atoms with van der Waals surface area (Å²) in [7, 11) is 0. The summed E-state index contributed by atoms with van der Waals surface area (Å²) in [5, 5.41) is 3.79. The van der Waals surface area contributed by atoms with Gasteiger partial charge in [-0.05, 0) is 30.9 Å². The number of hydrogen-bond donors (Lipinski definition) is 0. The van der Waals surface area contributed by atoms with Crippen molar-refractivity contribution in [3.05, 3.63) is 45.9 Å². The van der Waals surface area contributed by atoms with Gasteiger partial charge in [0.2, 0.25) is 5.91 Å². The zero-order valence-corrected chi connectivity index (χ0v) is 16.9. The Morgan fingerprint density at radius 3 is 2.36 bits per heavy atom. The number of carbonyl (C=O) groups is 1. The third-order valence-corrected chi connectivity index (χ3v) is 5.82. The molecule has 4 rings (SSSR count). The first-order chi connectivity index (χ1) is 15.4. The number of rotatable bonds is 3. The molecule has 4 heterocycles. The molecule has 0 saturated carbocycles. The lowest BCUT2D eigenvalue weighted by Gasteiger charge is -2.31. The summed E-state index contributed by atoms with van der Waals surface area (Å²) in [6, 6.07) is 0.453. The number of aromatic nitrogens is 4. The molecular weight excluding hydrogens is 463 g/mol. The van der Waals surface area contributed by atoms with Gasteiger partial charge in [0, 0.05) is 12.7 Å². The van der Waals surface area contributed by atoms with Gasteiger partial charge in [-0.15, -0.1) is 0 Å². The molecule has 7 nitrogen and oxygen atoms in total. The average Bonchev–Trinajstić information content (AvgIpc) is 3.30. The van der Waals surface area contributed by atoms with Crippen molar-refractivity contribution in [1.29, 1.82) is 0 Å². The van der Waals surface area contributed by atoms with Crippen LogP contribution in [0, 0.1) is 0 Å². The molecule has 1 fully saturated rings. The second kappa shape index (κ2) is 8.13. The molecule has 0 aromatic carbocycles. The molecule has 2 aliphatic rings. The van der Waals surface area contributed by atoms with Crippen molar-refractivity contribution < 1.29 is 35.5 Å². The number of fused-ring (bicyclic) bond motifs is 1. The van der Waals surface area contributed by atoms with E-state index in [1.165, 1.54) is 4.90 Å². The van der Waals surface area contributed by atoms with Crippen LogP contribution in [0.4, 0.5) is 30.7 Å². The lowest BCUT2D eigenvalue weighted by molar-refractivity contribution is -0.160. The van der Waals surface area contributed by atoms with E-state index in [4.69, 9.17) is 0 Å². The summed E-state index contributed by atoms with van der Waals surface area (Å²) < 4.78 is 93.8. The minimum atomic E-state index is -4.73. The van der Waals surface area contributed by atoms with Crippen LogP contribution in [-0.4, -0.2) is 55.6 Å². The van der Waals surface area contributed by atoms with Gasteiger partial charge in [-0.2, -0.15) is 31.4 Å².